The minimum Gasteiger partial charge on any atom is -0.337 e. The van der Waals surface area contributed by atoms with Gasteiger partial charge in [-0.25, -0.2) is 4.98 Å². The van der Waals surface area contributed by atoms with Gasteiger partial charge in [-0.15, -0.1) is 0 Å². The van der Waals surface area contributed by atoms with Crippen LogP contribution in [0.2, 0.25) is 0 Å². The average molecular weight is 247 g/mol. The number of hydrogen-bond acceptors (Lipinski definition) is 2. The van der Waals surface area contributed by atoms with Gasteiger partial charge in [0.05, 0.1) is 6.54 Å². The molecule has 3 atom stereocenters. The standard InChI is InChI=1S/C15H25N3/c1-14(2)11-5-6-15(3,9-11)13(14)17-10-12-16-7-8-18(12)4/h7-8,11,13,17H,5-6,9-10H2,1-4H3/t11-,13?,15+/m0/s1. The third kappa shape index (κ3) is 1.63. The van der Waals surface area contributed by atoms with Crippen LogP contribution in [0.5, 0.6) is 0 Å². The van der Waals surface area contributed by atoms with Crippen LogP contribution in [-0.2, 0) is 13.6 Å². The predicted octanol–water partition coefficient (Wildman–Crippen LogP) is 2.72. The van der Waals surface area contributed by atoms with Crippen molar-refractivity contribution in [3.05, 3.63) is 18.2 Å². The van der Waals surface area contributed by atoms with Crippen molar-refractivity contribution in [3.63, 3.8) is 0 Å². The topological polar surface area (TPSA) is 29.9 Å². The summed E-state index contributed by atoms with van der Waals surface area (Å²) in [5.74, 6) is 2.04. The summed E-state index contributed by atoms with van der Waals surface area (Å²) in [5, 5.41) is 3.80. The fraction of sp³-hybridized carbons (Fsp3) is 0.800. The number of rotatable bonds is 3. The Hall–Kier alpha value is -0.830. The molecule has 100 valence electrons. The maximum Gasteiger partial charge on any atom is 0.122 e. The minimum absolute atomic E-state index is 0.429. The molecule has 0 amide bonds. The minimum atomic E-state index is 0.429. The molecule has 18 heavy (non-hydrogen) atoms. The molecule has 2 aliphatic carbocycles. The Kier molecular flexibility index (Phi) is 2.60. The van der Waals surface area contributed by atoms with Crippen LogP contribution in [-0.4, -0.2) is 15.6 Å². The Bertz CT molecular complexity index is 444. The van der Waals surface area contributed by atoms with Crippen LogP contribution in [0.25, 0.3) is 0 Å². The highest BCUT2D eigenvalue weighted by Crippen LogP contribution is 2.62. The van der Waals surface area contributed by atoms with Crippen molar-refractivity contribution >= 4 is 0 Å². The molecule has 1 N–H and O–H groups in total. The smallest absolute Gasteiger partial charge is 0.122 e. The van der Waals surface area contributed by atoms with Crippen LogP contribution < -0.4 is 5.32 Å². The molecule has 1 aromatic rings. The number of aromatic nitrogens is 2. The first-order valence-electron chi connectivity index (χ1n) is 7.13. The van der Waals surface area contributed by atoms with E-state index in [-0.39, 0.29) is 0 Å². The monoisotopic (exact) mass is 247 g/mol. The summed E-state index contributed by atoms with van der Waals surface area (Å²) in [6.07, 6.45) is 8.11. The number of nitrogens with one attached hydrogen (secondary N) is 1. The Balaban J connectivity index is 1.74. The largest absolute Gasteiger partial charge is 0.337 e. The van der Waals surface area contributed by atoms with Crippen molar-refractivity contribution in [2.45, 2.75) is 52.6 Å². The molecule has 2 saturated carbocycles. The van der Waals surface area contributed by atoms with Crippen LogP contribution in [0.3, 0.4) is 0 Å². The number of aryl methyl sites for hydroxylation is 1. The summed E-state index contributed by atoms with van der Waals surface area (Å²) in [4.78, 5) is 4.41. The second-order valence-corrected chi connectivity index (χ2v) is 7.18. The summed E-state index contributed by atoms with van der Waals surface area (Å²) >= 11 is 0. The van der Waals surface area contributed by atoms with Crippen molar-refractivity contribution in [3.8, 4) is 0 Å². The van der Waals surface area contributed by atoms with Gasteiger partial charge in [-0.1, -0.05) is 20.8 Å². The first kappa shape index (κ1) is 12.2. The van der Waals surface area contributed by atoms with Crippen molar-refractivity contribution in [1.29, 1.82) is 0 Å². The highest BCUT2D eigenvalue weighted by atomic mass is 15.1. The zero-order chi connectivity index (χ0) is 13.0. The fourth-order valence-corrected chi connectivity index (χ4v) is 4.57. The highest BCUT2D eigenvalue weighted by molar-refractivity contribution is 5.12. The zero-order valence-corrected chi connectivity index (χ0v) is 12.0. The molecule has 0 radical (unpaired) electrons. The molecular weight excluding hydrogens is 222 g/mol. The van der Waals surface area contributed by atoms with Crippen LogP contribution in [0.4, 0.5) is 0 Å². The summed E-state index contributed by atoms with van der Waals surface area (Å²) in [7, 11) is 2.07. The van der Waals surface area contributed by atoms with E-state index in [1.54, 1.807) is 0 Å². The van der Waals surface area contributed by atoms with E-state index in [9.17, 15) is 0 Å². The second kappa shape index (κ2) is 3.83. The summed E-state index contributed by atoms with van der Waals surface area (Å²) < 4.78 is 2.11. The number of fused-ring (bicyclic) bond motifs is 2. The van der Waals surface area contributed by atoms with Gasteiger partial charge in [0.25, 0.3) is 0 Å². The molecule has 1 aromatic heterocycles. The van der Waals surface area contributed by atoms with Gasteiger partial charge in [0.1, 0.15) is 5.82 Å². The third-order valence-corrected chi connectivity index (χ3v) is 5.66. The van der Waals surface area contributed by atoms with Crippen molar-refractivity contribution in [2.75, 3.05) is 0 Å². The van der Waals surface area contributed by atoms with Crippen molar-refractivity contribution in [2.24, 2.45) is 23.8 Å². The molecule has 3 nitrogen and oxygen atoms in total. The molecule has 0 aromatic carbocycles. The van der Waals surface area contributed by atoms with Crippen LogP contribution in [0.1, 0.15) is 45.9 Å². The SMILES string of the molecule is Cn1ccnc1CNC1C(C)(C)[C@H]2CC[C@]1(C)C2. The fourth-order valence-electron chi connectivity index (χ4n) is 4.57. The molecule has 0 aliphatic heterocycles. The molecule has 2 fully saturated rings. The normalized spacial score (nSPS) is 37.3. The molecule has 0 saturated heterocycles. The summed E-state index contributed by atoms with van der Waals surface area (Å²) in [5.41, 5.74) is 0.928. The van der Waals surface area contributed by atoms with Crippen LogP contribution in [0, 0.1) is 16.7 Å². The number of hydrogen-bond donors (Lipinski definition) is 1. The van der Waals surface area contributed by atoms with Gasteiger partial charge >= 0.3 is 0 Å². The van der Waals surface area contributed by atoms with Gasteiger partial charge in [0, 0.05) is 25.5 Å². The maximum absolute atomic E-state index is 4.41. The molecule has 3 heteroatoms. The average Bonchev–Trinajstić information content (AvgIpc) is 2.90. The Labute approximate surface area is 110 Å². The molecule has 1 heterocycles. The zero-order valence-electron chi connectivity index (χ0n) is 12.0. The van der Waals surface area contributed by atoms with E-state index in [4.69, 9.17) is 0 Å². The molecule has 0 spiro atoms. The van der Waals surface area contributed by atoms with E-state index in [1.807, 2.05) is 12.4 Å². The van der Waals surface area contributed by atoms with Gasteiger partial charge in [0.2, 0.25) is 0 Å². The Morgan fingerprint density at radius 2 is 2.22 bits per heavy atom. The van der Waals surface area contributed by atoms with Crippen LogP contribution >= 0.6 is 0 Å². The van der Waals surface area contributed by atoms with E-state index >= 15 is 0 Å². The van der Waals surface area contributed by atoms with E-state index in [0.717, 1.165) is 18.3 Å². The summed E-state index contributed by atoms with van der Waals surface area (Å²) in [6, 6.07) is 0.625. The van der Waals surface area contributed by atoms with Crippen molar-refractivity contribution in [1.82, 2.24) is 14.9 Å². The second-order valence-electron chi connectivity index (χ2n) is 7.18. The van der Waals surface area contributed by atoms with Gasteiger partial charge < -0.3 is 9.88 Å². The predicted molar refractivity (Wildman–Crippen MR) is 73.1 cm³/mol. The molecule has 1 unspecified atom stereocenters. The van der Waals surface area contributed by atoms with E-state index in [1.165, 1.54) is 19.3 Å². The highest BCUT2D eigenvalue weighted by Gasteiger charge is 2.58. The third-order valence-electron chi connectivity index (χ3n) is 5.66. The maximum atomic E-state index is 4.41. The van der Waals surface area contributed by atoms with Gasteiger partial charge in [0.15, 0.2) is 0 Å². The van der Waals surface area contributed by atoms with E-state index in [0.29, 0.717) is 16.9 Å². The number of imidazole rings is 1. The lowest BCUT2D eigenvalue weighted by Gasteiger charge is -2.43. The number of nitrogens with zero attached hydrogens (tertiary/aromatic N) is 2. The lowest BCUT2D eigenvalue weighted by molar-refractivity contribution is 0.107. The lowest BCUT2D eigenvalue weighted by atomic mass is 9.68. The molecule has 3 rings (SSSR count). The van der Waals surface area contributed by atoms with Gasteiger partial charge in [-0.2, -0.15) is 0 Å². The first-order valence-corrected chi connectivity index (χ1v) is 7.13. The Morgan fingerprint density at radius 1 is 1.44 bits per heavy atom. The van der Waals surface area contributed by atoms with E-state index < -0.39 is 0 Å². The van der Waals surface area contributed by atoms with Crippen LogP contribution in [0.15, 0.2) is 12.4 Å². The van der Waals surface area contributed by atoms with E-state index in [2.05, 4.69) is 42.7 Å². The lowest BCUT2D eigenvalue weighted by Crippen LogP contribution is -2.50. The van der Waals surface area contributed by atoms with Gasteiger partial charge in [-0.05, 0) is 36.0 Å². The quantitative estimate of drug-likeness (QED) is 0.890. The van der Waals surface area contributed by atoms with Crippen molar-refractivity contribution < 1.29 is 0 Å². The van der Waals surface area contributed by atoms with Gasteiger partial charge in [-0.3, -0.25) is 0 Å². The summed E-state index contributed by atoms with van der Waals surface area (Å²) in [6.45, 7) is 8.24. The Morgan fingerprint density at radius 3 is 2.78 bits per heavy atom. The molecular formula is C15H25N3. The first-order chi connectivity index (χ1) is 8.43. The molecule has 2 bridgehead atoms. The molecule has 2 aliphatic rings.